The van der Waals surface area contributed by atoms with Crippen molar-refractivity contribution in [3.63, 3.8) is 0 Å². The van der Waals surface area contributed by atoms with Gasteiger partial charge in [-0.05, 0) is 31.6 Å². The summed E-state index contributed by atoms with van der Waals surface area (Å²) >= 11 is 0. The number of hydrogen-bond acceptors (Lipinski definition) is 3. The Morgan fingerprint density at radius 2 is 2.15 bits per heavy atom. The number of ether oxygens (including phenoxy) is 1. The number of nitrogens with zero attached hydrogens (tertiary/aromatic N) is 2. The van der Waals surface area contributed by atoms with Crippen molar-refractivity contribution in [1.82, 2.24) is 10.2 Å². The van der Waals surface area contributed by atoms with Crippen LogP contribution < -0.4 is 11.1 Å². The number of aliphatic imine (C=N–C) groups is 1. The molecule has 0 radical (unpaired) electrons. The number of guanidine groups is 1. The summed E-state index contributed by atoms with van der Waals surface area (Å²) < 4.78 is 5.52. The zero-order chi connectivity index (χ0) is 14.4. The molecule has 0 aromatic carbocycles. The number of nitrogens with one attached hydrogen (secondary N) is 1. The fraction of sp³-hybridized carbons (Fsp3) is 0.857. The predicted octanol–water partition coefficient (Wildman–Crippen LogP) is 0.328. The second-order valence-electron chi connectivity index (χ2n) is 5.69. The molecule has 0 bridgehead atoms. The Kier molecular flexibility index (Phi) is 5.64. The topological polar surface area (TPSA) is 80.0 Å². The van der Waals surface area contributed by atoms with Crippen molar-refractivity contribution in [2.24, 2.45) is 16.6 Å². The van der Waals surface area contributed by atoms with Crippen molar-refractivity contribution < 1.29 is 9.53 Å². The van der Waals surface area contributed by atoms with Gasteiger partial charge in [0.25, 0.3) is 0 Å². The molecule has 0 aromatic rings. The van der Waals surface area contributed by atoms with Crippen LogP contribution in [-0.4, -0.2) is 55.7 Å². The number of carbonyl (C=O) groups is 1. The molecule has 114 valence electrons. The van der Waals surface area contributed by atoms with Crippen molar-refractivity contribution >= 4 is 11.9 Å². The smallest absolute Gasteiger partial charge is 0.219 e. The van der Waals surface area contributed by atoms with E-state index in [9.17, 15) is 4.79 Å². The van der Waals surface area contributed by atoms with Gasteiger partial charge in [0, 0.05) is 39.7 Å². The van der Waals surface area contributed by atoms with Crippen molar-refractivity contribution in [2.75, 3.05) is 32.8 Å². The summed E-state index contributed by atoms with van der Waals surface area (Å²) in [5.74, 6) is 1.22. The Labute approximate surface area is 120 Å². The normalized spacial score (nSPS) is 24.9. The number of amides is 1. The van der Waals surface area contributed by atoms with Crippen LogP contribution in [0.5, 0.6) is 0 Å². The molecule has 20 heavy (non-hydrogen) atoms. The van der Waals surface area contributed by atoms with Gasteiger partial charge in [-0.2, -0.15) is 0 Å². The number of hydrogen-bond donors (Lipinski definition) is 2. The van der Waals surface area contributed by atoms with Crippen LogP contribution in [0.15, 0.2) is 4.99 Å². The lowest BCUT2D eigenvalue weighted by molar-refractivity contribution is -0.130. The zero-order valence-corrected chi connectivity index (χ0v) is 12.3. The number of carbonyl (C=O) groups excluding carboxylic acids is 1. The summed E-state index contributed by atoms with van der Waals surface area (Å²) in [4.78, 5) is 17.5. The first kappa shape index (κ1) is 15.1. The third-order valence-electron chi connectivity index (χ3n) is 4.11. The Balaban J connectivity index is 1.63. The van der Waals surface area contributed by atoms with Crippen LogP contribution >= 0.6 is 0 Å². The average Bonchev–Trinajstić information content (AvgIpc) is 2.96. The van der Waals surface area contributed by atoms with Crippen LogP contribution in [0.1, 0.15) is 32.6 Å². The molecule has 2 aliphatic rings. The molecular formula is C14H26N4O2. The van der Waals surface area contributed by atoms with Gasteiger partial charge in [0.1, 0.15) is 0 Å². The summed E-state index contributed by atoms with van der Waals surface area (Å²) in [7, 11) is 0. The molecule has 2 rings (SSSR count). The maximum atomic E-state index is 11.2. The number of likely N-dealkylation sites (tertiary alicyclic amines) is 1. The third-order valence-corrected chi connectivity index (χ3v) is 4.11. The summed E-state index contributed by atoms with van der Waals surface area (Å²) in [6.45, 7) is 5.68. The fourth-order valence-electron chi connectivity index (χ4n) is 2.74. The van der Waals surface area contributed by atoms with Gasteiger partial charge in [-0.15, -0.1) is 0 Å². The van der Waals surface area contributed by atoms with Gasteiger partial charge in [-0.1, -0.05) is 0 Å². The highest BCUT2D eigenvalue weighted by atomic mass is 16.5. The number of piperidine rings is 1. The Morgan fingerprint density at radius 3 is 2.75 bits per heavy atom. The molecule has 1 unspecified atom stereocenters. The fourth-order valence-corrected chi connectivity index (χ4v) is 2.74. The minimum Gasteiger partial charge on any atom is -0.376 e. The third kappa shape index (κ3) is 4.67. The number of rotatable bonds is 4. The van der Waals surface area contributed by atoms with Crippen LogP contribution in [-0.2, 0) is 9.53 Å². The molecule has 1 atom stereocenters. The standard InChI is InChI=1S/C14H26N4O2/c1-11(19)18-6-4-12(5-7-18)9-16-14(15)17-10-13-3-2-8-20-13/h12-13H,2-10H2,1H3,(H3,15,16,17). The van der Waals surface area contributed by atoms with E-state index in [1.807, 2.05) is 4.90 Å². The van der Waals surface area contributed by atoms with E-state index in [4.69, 9.17) is 10.5 Å². The van der Waals surface area contributed by atoms with E-state index in [1.54, 1.807) is 6.92 Å². The Bertz CT molecular complexity index is 345. The second-order valence-corrected chi connectivity index (χ2v) is 5.69. The summed E-state index contributed by atoms with van der Waals surface area (Å²) in [6, 6.07) is 0. The molecule has 0 aromatic heterocycles. The predicted molar refractivity (Wildman–Crippen MR) is 78.4 cm³/mol. The number of nitrogens with two attached hydrogens (primary N) is 1. The van der Waals surface area contributed by atoms with Gasteiger partial charge in [0.05, 0.1) is 6.10 Å². The Hall–Kier alpha value is -1.30. The van der Waals surface area contributed by atoms with E-state index in [-0.39, 0.29) is 12.0 Å². The van der Waals surface area contributed by atoms with Gasteiger partial charge >= 0.3 is 0 Å². The molecule has 2 aliphatic heterocycles. The molecule has 0 saturated carbocycles. The van der Waals surface area contributed by atoms with Crippen molar-refractivity contribution in [3.05, 3.63) is 0 Å². The largest absolute Gasteiger partial charge is 0.376 e. The highest BCUT2D eigenvalue weighted by molar-refractivity contribution is 5.77. The van der Waals surface area contributed by atoms with E-state index in [1.165, 1.54) is 0 Å². The summed E-state index contributed by atoms with van der Waals surface area (Å²) in [5.41, 5.74) is 5.86. The van der Waals surface area contributed by atoms with Crippen molar-refractivity contribution in [1.29, 1.82) is 0 Å². The van der Waals surface area contributed by atoms with E-state index in [2.05, 4.69) is 10.3 Å². The molecule has 2 heterocycles. The lowest BCUT2D eigenvalue weighted by Gasteiger charge is -2.30. The van der Waals surface area contributed by atoms with Gasteiger partial charge in [0.15, 0.2) is 5.96 Å². The van der Waals surface area contributed by atoms with Crippen LogP contribution in [0, 0.1) is 5.92 Å². The van der Waals surface area contributed by atoms with Gasteiger partial charge < -0.3 is 20.7 Å². The summed E-state index contributed by atoms with van der Waals surface area (Å²) in [5, 5.41) is 3.13. The van der Waals surface area contributed by atoms with E-state index < -0.39 is 0 Å². The van der Waals surface area contributed by atoms with Gasteiger partial charge in [-0.25, -0.2) is 0 Å². The van der Waals surface area contributed by atoms with Crippen LogP contribution in [0.2, 0.25) is 0 Å². The summed E-state index contributed by atoms with van der Waals surface area (Å²) in [6.07, 6.45) is 4.55. The molecule has 2 saturated heterocycles. The maximum absolute atomic E-state index is 11.2. The van der Waals surface area contributed by atoms with Crippen LogP contribution in [0.25, 0.3) is 0 Å². The van der Waals surface area contributed by atoms with E-state index >= 15 is 0 Å². The molecule has 6 heteroatoms. The molecule has 2 fully saturated rings. The lowest BCUT2D eigenvalue weighted by atomic mass is 9.97. The molecule has 6 nitrogen and oxygen atoms in total. The SMILES string of the molecule is CC(=O)N1CCC(CN=C(N)NCC2CCCO2)CC1. The van der Waals surface area contributed by atoms with Crippen molar-refractivity contribution in [2.45, 2.75) is 38.7 Å². The van der Waals surface area contributed by atoms with Crippen LogP contribution in [0.3, 0.4) is 0 Å². The average molecular weight is 282 g/mol. The molecule has 3 N–H and O–H groups in total. The molecule has 0 spiro atoms. The molecule has 0 aliphatic carbocycles. The van der Waals surface area contributed by atoms with Crippen LogP contribution in [0.4, 0.5) is 0 Å². The monoisotopic (exact) mass is 282 g/mol. The Morgan fingerprint density at radius 1 is 1.40 bits per heavy atom. The van der Waals surface area contributed by atoms with E-state index in [0.29, 0.717) is 11.9 Å². The minimum atomic E-state index is 0.171. The quantitative estimate of drug-likeness (QED) is 0.575. The molecular weight excluding hydrogens is 256 g/mol. The minimum absolute atomic E-state index is 0.171. The maximum Gasteiger partial charge on any atom is 0.219 e. The molecule has 1 amide bonds. The highest BCUT2D eigenvalue weighted by Crippen LogP contribution is 2.17. The van der Waals surface area contributed by atoms with E-state index in [0.717, 1.165) is 58.5 Å². The first-order valence-corrected chi connectivity index (χ1v) is 7.56. The first-order valence-electron chi connectivity index (χ1n) is 7.56. The van der Waals surface area contributed by atoms with Gasteiger partial charge in [-0.3, -0.25) is 9.79 Å². The lowest BCUT2D eigenvalue weighted by Crippen LogP contribution is -2.39. The highest BCUT2D eigenvalue weighted by Gasteiger charge is 2.20. The zero-order valence-electron chi connectivity index (χ0n) is 12.3. The van der Waals surface area contributed by atoms with Crippen molar-refractivity contribution in [3.8, 4) is 0 Å². The van der Waals surface area contributed by atoms with Gasteiger partial charge in [0.2, 0.25) is 5.91 Å². The first-order chi connectivity index (χ1) is 9.65. The second kappa shape index (κ2) is 7.47.